The Bertz CT molecular complexity index is 361. The minimum absolute atomic E-state index is 0.161. The summed E-state index contributed by atoms with van der Waals surface area (Å²) >= 11 is 5.61. The normalized spacial score (nSPS) is 10.6. The summed E-state index contributed by atoms with van der Waals surface area (Å²) in [6, 6.07) is 4.63. The molecule has 67 valence electrons. The number of hydrogen-bond donors (Lipinski definition) is 1. The second-order valence-electron chi connectivity index (χ2n) is 2.26. The summed E-state index contributed by atoms with van der Waals surface area (Å²) in [6.07, 6.45) is 2.20. The first-order chi connectivity index (χ1) is 6.09. The molecule has 1 aromatic rings. The number of hydrogen-bond acceptors (Lipinski definition) is 1. The van der Waals surface area contributed by atoms with E-state index in [2.05, 4.69) is 6.07 Å². The molecule has 0 saturated carbocycles. The van der Waals surface area contributed by atoms with Gasteiger partial charge in [-0.1, -0.05) is 11.6 Å². The van der Waals surface area contributed by atoms with Gasteiger partial charge in [0.1, 0.15) is 5.82 Å². The number of carboxylic acid groups (broad SMARTS) is 1. The maximum Gasteiger partial charge on any atom is 0.328 e. The number of benzene rings is 1. The van der Waals surface area contributed by atoms with Crippen molar-refractivity contribution in [1.29, 1.82) is 0 Å². The zero-order valence-corrected chi connectivity index (χ0v) is 7.18. The molecule has 0 fully saturated rings. The van der Waals surface area contributed by atoms with Gasteiger partial charge in [-0.25, -0.2) is 9.18 Å². The molecule has 0 aliphatic heterocycles. The standard InChI is InChI=1S/C9H5ClFO2/c10-8-5-7(11)3-1-6(8)2-4-9(12)13/h1-2,4-5H,(H,12,13). The lowest BCUT2D eigenvalue weighted by Crippen LogP contribution is -1.86. The Balaban J connectivity index is 2.96. The van der Waals surface area contributed by atoms with Crippen LogP contribution in [-0.2, 0) is 4.79 Å². The first-order valence-electron chi connectivity index (χ1n) is 3.37. The van der Waals surface area contributed by atoms with Gasteiger partial charge in [0.2, 0.25) is 0 Å². The zero-order chi connectivity index (χ0) is 9.84. The lowest BCUT2D eigenvalue weighted by atomic mass is 10.2. The van der Waals surface area contributed by atoms with E-state index in [1.54, 1.807) is 0 Å². The topological polar surface area (TPSA) is 37.3 Å². The van der Waals surface area contributed by atoms with Gasteiger partial charge in [-0.3, -0.25) is 0 Å². The quantitative estimate of drug-likeness (QED) is 0.743. The maximum atomic E-state index is 12.5. The molecule has 0 bridgehead atoms. The first-order valence-corrected chi connectivity index (χ1v) is 3.75. The van der Waals surface area contributed by atoms with Crippen molar-refractivity contribution >= 4 is 23.6 Å². The highest BCUT2D eigenvalue weighted by molar-refractivity contribution is 6.32. The van der Waals surface area contributed by atoms with Crippen molar-refractivity contribution in [1.82, 2.24) is 0 Å². The van der Waals surface area contributed by atoms with Crippen LogP contribution in [0.3, 0.4) is 0 Å². The van der Waals surface area contributed by atoms with Crippen LogP contribution in [-0.4, -0.2) is 11.1 Å². The molecule has 0 spiro atoms. The molecule has 0 saturated heterocycles. The number of rotatable bonds is 2. The second-order valence-corrected chi connectivity index (χ2v) is 2.66. The lowest BCUT2D eigenvalue weighted by Gasteiger charge is -1.95. The highest BCUT2D eigenvalue weighted by Gasteiger charge is 1.98. The van der Waals surface area contributed by atoms with Gasteiger partial charge >= 0.3 is 5.97 Å². The van der Waals surface area contributed by atoms with E-state index in [-0.39, 0.29) is 5.02 Å². The highest BCUT2D eigenvalue weighted by atomic mass is 35.5. The molecule has 2 nitrogen and oxygen atoms in total. The van der Waals surface area contributed by atoms with Crippen LogP contribution in [0.5, 0.6) is 0 Å². The van der Waals surface area contributed by atoms with E-state index in [0.717, 1.165) is 12.1 Å². The number of carboxylic acids is 1. The Hall–Kier alpha value is -1.35. The van der Waals surface area contributed by atoms with Crippen molar-refractivity contribution in [2.24, 2.45) is 0 Å². The van der Waals surface area contributed by atoms with Crippen LogP contribution in [0.1, 0.15) is 5.56 Å². The molecule has 0 amide bonds. The van der Waals surface area contributed by atoms with Crippen LogP contribution in [0.25, 0.3) is 6.08 Å². The fourth-order valence-electron chi connectivity index (χ4n) is 0.741. The molecular formula is C9H5ClFO2. The Morgan fingerprint density at radius 3 is 2.92 bits per heavy atom. The van der Waals surface area contributed by atoms with E-state index in [1.807, 2.05) is 0 Å². The minimum Gasteiger partial charge on any atom is -0.478 e. The highest BCUT2D eigenvalue weighted by Crippen LogP contribution is 2.17. The molecule has 1 aromatic carbocycles. The Labute approximate surface area is 79.3 Å². The molecule has 0 aliphatic rings. The molecule has 1 rings (SSSR count). The molecule has 13 heavy (non-hydrogen) atoms. The third kappa shape index (κ3) is 2.87. The number of halogens is 2. The Kier molecular flexibility index (Phi) is 3.03. The molecule has 0 aromatic heterocycles. The largest absolute Gasteiger partial charge is 0.478 e. The van der Waals surface area contributed by atoms with Gasteiger partial charge in [0.25, 0.3) is 0 Å². The number of carbonyl (C=O) groups is 1. The monoisotopic (exact) mass is 199 g/mol. The number of aliphatic carboxylic acids is 1. The molecule has 0 aliphatic carbocycles. The fourth-order valence-corrected chi connectivity index (χ4v) is 0.954. The molecule has 0 heterocycles. The van der Waals surface area contributed by atoms with Gasteiger partial charge in [0.05, 0.1) is 5.02 Å². The molecule has 1 radical (unpaired) electrons. The van der Waals surface area contributed by atoms with Crippen molar-refractivity contribution in [3.8, 4) is 0 Å². The summed E-state index contributed by atoms with van der Waals surface area (Å²) in [6.45, 7) is 0. The maximum absolute atomic E-state index is 12.5. The van der Waals surface area contributed by atoms with Crippen molar-refractivity contribution in [2.45, 2.75) is 0 Å². The first kappa shape index (κ1) is 9.74. The van der Waals surface area contributed by atoms with Gasteiger partial charge in [0, 0.05) is 12.1 Å². The summed E-state index contributed by atoms with van der Waals surface area (Å²) in [5.41, 5.74) is 0.422. The predicted molar refractivity (Wildman–Crippen MR) is 46.9 cm³/mol. The molecule has 0 unspecified atom stereocenters. The van der Waals surface area contributed by atoms with Gasteiger partial charge in [-0.05, 0) is 23.8 Å². The average molecular weight is 200 g/mol. The Morgan fingerprint density at radius 2 is 2.38 bits per heavy atom. The lowest BCUT2D eigenvalue weighted by molar-refractivity contribution is -0.131. The second kappa shape index (κ2) is 4.05. The summed E-state index contributed by atoms with van der Waals surface area (Å²) in [5, 5.41) is 8.47. The third-order valence-corrected chi connectivity index (χ3v) is 1.63. The van der Waals surface area contributed by atoms with Crippen LogP contribution in [0.2, 0.25) is 5.02 Å². The van der Waals surface area contributed by atoms with Gasteiger partial charge in [-0.15, -0.1) is 0 Å². The minimum atomic E-state index is -1.08. The molecular weight excluding hydrogens is 195 g/mol. The van der Waals surface area contributed by atoms with Crippen LogP contribution in [0, 0.1) is 11.9 Å². The van der Waals surface area contributed by atoms with Crippen molar-refractivity contribution in [2.75, 3.05) is 0 Å². The van der Waals surface area contributed by atoms with E-state index in [0.29, 0.717) is 5.56 Å². The van der Waals surface area contributed by atoms with E-state index in [9.17, 15) is 9.18 Å². The molecule has 1 N–H and O–H groups in total. The van der Waals surface area contributed by atoms with Gasteiger partial charge in [0.15, 0.2) is 0 Å². The van der Waals surface area contributed by atoms with E-state index < -0.39 is 11.8 Å². The molecule has 4 heteroatoms. The van der Waals surface area contributed by atoms with Crippen molar-refractivity contribution in [3.63, 3.8) is 0 Å². The van der Waals surface area contributed by atoms with E-state index in [4.69, 9.17) is 16.7 Å². The van der Waals surface area contributed by atoms with E-state index >= 15 is 0 Å². The Morgan fingerprint density at radius 1 is 1.69 bits per heavy atom. The third-order valence-electron chi connectivity index (χ3n) is 1.30. The van der Waals surface area contributed by atoms with Crippen LogP contribution < -0.4 is 0 Å². The zero-order valence-electron chi connectivity index (χ0n) is 6.42. The van der Waals surface area contributed by atoms with Crippen LogP contribution >= 0.6 is 11.6 Å². The van der Waals surface area contributed by atoms with Gasteiger partial charge in [-0.2, -0.15) is 0 Å². The van der Waals surface area contributed by atoms with Crippen molar-refractivity contribution in [3.05, 3.63) is 40.7 Å². The van der Waals surface area contributed by atoms with Crippen LogP contribution in [0.15, 0.2) is 18.2 Å². The summed E-state index contributed by atoms with van der Waals surface area (Å²) in [4.78, 5) is 10.1. The summed E-state index contributed by atoms with van der Waals surface area (Å²) in [5.74, 6) is -1.65. The predicted octanol–water partition coefficient (Wildman–Crippen LogP) is 2.38. The summed E-state index contributed by atoms with van der Waals surface area (Å²) < 4.78 is 12.5. The van der Waals surface area contributed by atoms with E-state index in [1.165, 1.54) is 12.1 Å². The molecule has 0 atom stereocenters. The average Bonchev–Trinajstić information content (AvgIpc) is 2.02. The van der Waals surface area contributed by atoms with Gasteiger partial charge < -0.3 is 5.11 Å². The fraction of sp³-hybridized carbons (Fsp3) is 0. The SMILES string of the molecule is O=C(O)C=Cc1c[c]c(F)cc1Cl. The van der Waals surface area contributed by atoms with Crippen LogP contribution in [0.4, 0.5) is 4.39 Å². The van der Waals surface area contributed by atoms with Crippen molar-refractivity contribution < 1.29 is 14.3 Å². The summed E-state index contributed by atoms with van der Waals surface area (Å²) in [7, 11) is 0. The smallest absolute Gasteiger partial charge is 0.328 e.